The Morgan fingerprint density at radius 1 is 1.09 bits per heavy atom. The molecule has 0 amide bonds. The van der Waals surface area contributed by atoms with Crippen LogP contribution in [0.25, 0.3) is 0 Å². The van der Waals surface area contributed by atoms with Gasteiger partial charge in [0.2, 0.25) is 0 Å². The number of allylic oxidation sites excluding steroid dienone is 4. The Hall–Kier alpha value is -0.850. The largest absolute Gasteiger partial charge is 0.295 e. The van der Waals surface area contributed by atoms with Crippen LogP contribution in [-0.4, -0.2) is 5.78 Å². The van der Waals surface area contributed by atoms with Crippen molar-refractivity contribution in [3.8, 4) is 0 Å². The average molecular weight is 298 g/mol. The molecule has 0 unspecified atom stereocenters. The molecular weight excluding hydrogens is 268 g/mol. The summed E-state index contributed by atoms with van der Waals surface area (Å²) in [6.07, 6.45) is 15.5. The third kappa shape index (κ3) is 1.87. The van der Waals surface area contributed by atoms with Gasteiger partial charge < -0.3 is 0 Å². The Morgan fingerprint density at radius 2 is 1.91 bits per heavy atom. The molecule has 0 aromatic rings. The van der Waals surface area contributed by atoms with Gasteiger partial charge in [0.15, 0.2) is 5.78 Å². The highest BCUT2D eigenvalue weighted by Gasteiger charge is 2.55. The minimum atomic E-state index is 0.302. The van der Waals surface area contributed by atoms with Gasteiger partial charge in [0.1, 0.15) is 0 Å². The van der Waals surface area contributed by atoms with E-state index in [-0.39, 0.29) is 0 Å². The van der Waals surface area contributed by atoms with Crippen LogP contribution >= 0.6 is 0 Å². The zero-order chi connectivity index (χ0) is 15.5. The summed E-state index contributed by atoms with van der Waals surface area (Å²) < 4.78 is 0. The molecule has 0 bridgehead atoms. The highest BCUT2D eigenvalue weighted by atomic mass is 16.1. The number of carbonyl (C=O) groups excluding carboxylic acids is 1. The van der Waals surface area contributed by atoms with E-state index in [9.17, 15) is 4.79 Å². The second kappa shape index (κ2) is 4.82. The first-order valence-corrected chi connectivity index (χ1v) is 9.37. The van der Waals surface area contributed by atoms with Crippen LogP contribution in [0.15, 0.2) is 23.8 Å². The lowest BCUT2D eigenvalue weighted by Crippen LogP contribution is -2.47. The molecule has 0 aromatic heterocycles. The standard InChI is InChI=1S/C21H30O/c1-14-7-8-18-17-6-4-5-15-13-16(22)9-11-21(15,3)19(17)10-12-20(14,18)2/h7-8,13-14,17-19H,4-6,9-12H2,1-3H3/t14-,17+,18-,19-,20+,21-/m0/s1. The molecule has 6 atom stereocenters. The van der Waals surface area contributed by atoms with Gasteiger partial charge in [-0.25, -0.2) is 0 Å². The van der Waals surface area contributed by atoms with Crippen molar-refractivity contribution in [2.24, 2.45) is 34.5 Å². The Morgan fingerprint density at radius 3 is 2.73 bits per heavy atom. The van der Waals surface area contributed by atoms with E-state index >= 15 is 0 Å². The van der Waals surface area contributed by atoms with Crippen molar-refractivity contribution in [2.75, 3.05) is 0 Å². The smallest absolute Gasteiger partial charge is 0.155 e. The maximum absolute atomic E-state index is 11.9. The lowest BCUT2D eigenvalue weighted by Gasteiger charge is -2.53. The number of fused-ring (bicyclic) bond motifs is 5. The summed E-state index contributed by atoms with van der Waals surface area (Å²) in [7, 11) is 0. The normalized spacial score (nSPS) is 50.7. The third-order valence-corrected chi connectivity index (χ3v) is 8.14. The monoisotopic (exact) mass is 298 g/mol. The SMILES string of the molecule is C[C@H]1C=C[C@H]2[C@H]3CCCC4=CC(=O)CC[C@]4(C)[C@H]3CC[C@]12C. The molecule has 1 heteroatoms. The number of carbonyl (C=O) groups is 1. The topological polar surface area (TPSA) is 17.1 Å². The lowest BCUT2D eigenvalue weighted by molar-refractivity contribution is -0.116. The van der Waals surface area contributed by atoms with E-state index < -0.39 is 0 Å². The molecule has 0 saturated heterocycles. The van der Waals surface area contributed by atoms with E-state index in [4.69, 9.17) is 0 Å². The van der Waals surface area contributed by atoms with Gasteiger partial charge in [0, 0.05) is 6.42 Å². The molecule has 4 rings (SSSR count). The second-order valence-corrected chi connectivity index (χ2v) is 8.96. The molecule has 2 saturated carbocycles. The van der Waals surface area contributed by atoms with Crippen LogP contribution in [0.2, 0.25) is 0 Å². The van der Waals surface area contributed by atoms with E-state index in [2.05, 4.69) is 32.9 Å². The fraction of sp³-hybridized carbons (Fsp3) is 0.762. The average Bonchev–Trinajstić information content (AvgIpc) is 2.70. The van der Waals surface area contributed by atoms with Crippen molar-refractivity contribution in [2.45, 2.75) is 65.7 Å². The van der Waals surface area contributed by atoms with E-state index in [1.165, 1.54) is 31.3 Å². The van der Waals surface area contributed by atoms with Crippen molar-refractivity contribution in [1.82, 2.24) is 0 Å². The zero-order valence-corrected chi connectivity index (χ0v) is 14.4. The van der Waals surface area contributed by atoms with Crippen molar-refractivity contribution in [3.63, 3.8) is 0 Å². The third-order valence-electron chi connectivity index (χ3n) is 8.14. The molecule has 1 nitrogen and oxygen atoms in total. The van der Waals surface area contributed by atoms with Gasteiger partial charge in [-0.05, 0) is 79.1 Å². The summed E-state index contributed by atoms with van der Waals surface area (Å²) in [6.45, 7) is 7.44. The van der Waals surface area contributed by atoms with Crippen molar-refractivity contribution < 1.29 is 4.79 Å². The van der Waals surface area contributed by atoms with E-state index in [0.29, 0.717) is 16.6 Å². The summed E-state index contributed by atoms with van der Waals surface area (Å²) >= 11 is 0. The Balaban J connectivity index is 1.73. The molecule has 0 spiro atoms. The first kappa shape index (κ1) is 14.7. The van der Waals surface area contributed by atoms with Crippen molar-refractivity contribution in [1.29, 1.82) is 0 Å². The van der Waals surface area contributed by atoms with Gasteiger partial charge in [-0.15, -0.1) is 0 Å². The van der Waals surface area contributed by atoms with E-state index in [0.717, 1.165) is 42.9 Å². The van der Waals surface area contributed by atoms with Crippen LogP contribution in [0.3, 0.4) is 0 Å². The minimum absolute atomic E-state index is 0.302. The molecule has 0 heterocycles. The first-order valence-electron chi connectivity index (χ1n) is 9.37. The zero-order valence-electron chi connectivity index (χ0n) is 14.4. The first-order chi connectivity index (χ1) is 10.4. The van der Waals surface area contributed by atoms with Crippen LogP contribution in [0.1, 0.15) is 65.7 Å². The van der Waals surface area contributed by atoms with E-state index in [1.54, 1.807) is 0 Å². The fourth-order valence-corrected chi connectivity index (χ4v) is 6.44. The van der Waals surface area contributed by atoms with Crippen molar-refractivity contribution >= 4 is 5.78 Å². The van der Waals surface area contributed by atoms with Crippen LogP contribution in [-0.2, 0) is 4.79 Å². The number of ketones is 1. The summed E-state index contributed by atoms with van der Waals surface area (Å²) in [4.78, 5) is 11.9. The maximum atomic E-state index is 11.9. The molecule has 2 fully saturated rings. The second-order valence-electron chi connectivity index (χ2n) is 8.96. The predicted octanol–water partition coefficient (Wildman–Crippen LogP) is 5.32. The molecule has 120 valence electrons. The highest BCUT2D eigenvalue weighted by Crippen LogP contribution is 2.63. The minimum Gasteiger partial charge on any atom is -0.295 e. The van der Waals surface area contributed by atoms with Gasteiger partial charge in [0.25, 0.3) is 0 Å². The Kier molecular flexibility index (Phi) is 3.23. The van der Waals surface area contributed by atoms with Gasteiger partial charge >= 0.3 is 0 Å². The van der Waals surface area contributed by atoms with Gasteiger partial charge in [-0.2, -0.15) is 0 Å². The number of rotatable bonds is 0. The van der Waals surface area contributed by atoms with Gasteiger partial charge in [0.05, 0.1) is 0 Å². The molecule has 0 aliphatic heterocycles. The van der Waals surface area contributed by atoms with Crippen LogP contribution in [0, 0.1) is 34.5 Å². The molecule has 0 aromatic carbocycles. The van der Waals surface area contributed by atoms with Gasteiger partial charge in [-0.3, -0.25) is 4.79 Å². The molecular formula is C21H30O. The van der Waals surface area contributed by atoms with E-state index in [1.807, 2.05) is 6.08 Å². The Labute approximate surface area is 135 Å². The summed E-state index contributed by atoms with van der Waals surface area (Å²) in [5, 5.41) is 0. The fourth-order valence-electron chi connectivity index (χ4n) is 6.44. The van der Waals surface area contributed by atoms with Crippen LogP contribution in [0.4, 0.5) is 0 Å². The molecule has 4 aliphatic carbocycles. The number of hydrogen-bond donors (Lipinski definition) is 0. The van der Waals surface area contributed by atoms with Crippen molar-refractivity contribution in [3.05, 3.63) is 23.8 Å². The lowest BCUT2D eigenvalue weighted by atomic mass is 9.51. The maximum Gasteiger partial charge on any atom is 0.155 e. The summed E-state index contributed by atoms with van der Waals surface area (Å²) in [5.41, 5.74) is 2.29. The summed E-state index contributed by atoms with van der Waals surface area (Å²) in [6, 6.07) is 0. The quantitative estimate of drug-likeness (QED) is 0.553. The van der Waals surface area contributed by atoms with Crippen LogP contribution < -0.4 is 0 Å². The molecule has 0 N–H and O–H groups in total. The summed E-state index contributed by atoms with van der Waals surface area (Å²) in [5.74, 6) is 3.51. The molecule has 0 radical (unpaired) electrons. The number of hydrogen-bond acceptors (Lipinski definition) is 1. The predicted molar refractivity (Wildman–Crippen MR) is 90.4 cm³/mol. The van der Waals surface area contributed by atoms with Gasteiger partial charge in [-0.1, -0.05) is 38.5 Å². The highest BCUT2D eigenvalue weighted by molar-refractivity contribution is 5.91. The van der Waals surface area contributed by atoms with Crippen LogP contribution in [0.5, 0.6) is 0 Å². The molecule has 22 heavy (non-hydrogen) atoms. The molecule has 4 aliphatic rings. The Bertz CT molecular complexity index is 556.